The summed E-state index contributed by atoms with van der Waals surface area (Å²) in [4.78, 5) is 48.2. The fourth-order valence-corrected chi connectivity index (χ4v) is 4.05. The van der Waals surface area contributed by atoms with Crippen LogP contribution in [0.2, 0.25) is 0 Å². The van der Waals surface area contributed by atoms with Crippen molar-refractivity contribution in [1.82, 2.24) is 5.32 Å². The molecule has 0 aromatic heterocycles. The van der Waals surface area contributed by atoms with Crippen LogP contribution in [-0.2, 0) is 9.59 Å². The first-order chi connectivity index (χ1) is 18.0. The van der Waals surface area contributed by atoms with Crippen molar-refractivity contribution in [3.63, 3.8) is 0 Å². The minimum Gasteiger partial charge on any atom is -0.378 e. The number of ketones is 1. The third kappa shape index (κ3) is 5.91. The molecule has 0 radical (unpaired) electrons. The van der Waals surface area contributed by atoms with Crippen molar-refractivity contribution in [2.24, 2.45) is 10.4 Å². The van der Waals surface area contributed by atoms with Crippen LogP contribution in [0.15, 0.2) is 83.9 Å². The Kier molecular flexibility index (Phi) is 7.62. The number of aliphatic imine (C=N–C) groups is 1. The zero-order chi connectivity index (χ0) is 27.4. The van der Waals surface area contributed by atoms with Crippen molar-refractivity contribution < 1.29 is 14.4 Å². The van der Waals surface area contributed by atoms with Crippen LogP contribution in [-0.4, -0.2) is 50.2 Å². The second-order valence-electron chi connectivity index (χ2n) is 10.4. The van der Waals surface area contributed by atoms with Gasteiger partial charge in [-0.05, 0) is 24.3 Å². The summed E-state index contributed by atoms with van der Waals surface area (Å²) in [6, 6.07) is 23.6. The third-order valence-corrected chi connectivity index (χ3v) is 6.28. The first-order valence-electron chi connectivity index (χ1n) is 12.5. The number of Topliss-reactive ketones (excluding diaryl/α,β-unsaturated/α-hetero) is 1. The van der Waals surface area contributed by atoms with Gasteiger partial charge >= 0.3 is 6.03 Å². The zero-order valence-corrected chi connectivity index (χ0v) is 22.4. The van der Waals surface area contributed by atoms with Crippen molar-refractivity contribution in [3.05, 3.63) is 90.0 Å². The van der Waals surface area contributed by atoms with E-state index in [0.717, 1.165) is 11.3 Å². The molecular formula is C30H33N5O3. The quantitative estimate of drug-likeness (QED) is 0.502. The molecule has 0 saturated heterocycles. The summed E-state index contributed by atoms with van der Waals surface area (Å²) in [7, 11) is 3.82. The minimum absolute atomic E-state index is 0.104. The second-order valence-corrected chi connectivity index (χ2v) is 10.4. The number of nitrogens with zero attached hydrogens (tertiary/aromatic N) is 3. The first-order valence-corrected chi connectivity index (χ1v) is 12.5. The molecule has 8 heteroatoms. The molecule has 0 saturated carbocycles. The van der Waals surface area contributed by atoms with Crippen LogP contribution in [0.4, 0.5) is 21.9 Å². The third-order valence-electron chi connectivity index (χ3n) is 6.28. The summed E-state index contributed by atoms with van der Waals surface area (Å²) in [6.07, 6.45) is -1.25. The van der Waals surface area contributed by atoms with Crippen LogP contribution >= 0.6 is 0 Å². The summed E-state index contributed by atoms with van der Waals surface area (Å²) < 4.78 is 0. The average molecular weight is 512 g/mol. The summed E-state index contributed by atoms with van der Waals surface area (Å²) >= 11 is 0. The highest BCUT2D eigenvalue weighted by Crippen LogP contribution is 2.29. The van der Waals surface area contributed by atoms with Gasteiger partial charge in [-0.1, -0.05) is 75.4 Å². The smallest absolute Gasteiger partial charge is 0.321 e. The van der Waals surface area contributed by atoms with Crippen LogP contribution in [0.5, 0.6) is 0 Å². The monoisotopic (exact) mass is 511 g/mol. The fourth-order valence-electron chi connectivity index (χ4n) is 4.05. The van der Waals surface area contributed by atoms with Gasteiger partial charge in [-0.25, -0.2) is 9.79 Å². The molecule has 8 nitrogen and oxygen atoms in total. The molecule has 0 aliphatic carbocycles. The summed E-state index contributed by atoms with van der Waals surface area (Å²) in [6.45, 7) is 5.32. The Morgan fingerprint density at radius 2 is 1.63 bits per heavy atom. The van der Waals surface area contributed by atoms with Gasteiger partial charge in [0.25, 0.3) is 5.91 Å². The van der Waals surface area contributed by atoms with Gasteiger partial charge in [0.05, 0.1) is 17.9 Å². The molecule has 2 N–H and O–H groups in total. The van der Waals surface area contributed by atoms with Crippen molar-refractivity contribution in [2.75, 3.05) is 35.8 Å². The standard InChI is InChI=1S/C30H33N5O3/c1-30(2,3)25(36)19-35-24-17-10-9-16-23(24)26(20-12-7-6-8-13-20)32-27(28(35)37)33-29(38)31-21-14-11-15-22(18-21)34(4)5/h6-18,27H,19H2,1-5H3,(H2,31,33,38)/t27-/m1/s1. The maximum absolute atomic E-state index is 13.9. The van der Waals surface area contributed by atoms with Gasteiger partial charge in [0.1, 0.15) is 0 Å². The van der Waals surface area contributed by atoms with Crippen LogP contribution < -0.4 is 20.4 Å². The number of rotatable bonds is 6. The molecule has 1 heterocycles. The van der Waals surface area contributed by atoms with Gasteiger partial charge in [-0.3, -0.25) is 9.59 Å². The molecule has 0 spiro atoms. The molecular weight excluding hydrogens is 478 g/mol. The minimum atomic E-state index is -1.25. The Labute approximate surface area is 223 Å². The molecule has 1 atom stereocenters. The highest BCUT2D eigenvalue weighted by atomic mass is 16.2. The molecule has 38 heavy (non-hydrogen) atoms. The zero-order valence-electron chi connectivity index (χ0n) is 22.4. The number of urea groups is 1. The maximum atomic E-state index is 13.9. The second kappa shape index (κ2) is 10.9. The summed E-state index contributed by atoms with van der Waals surface area (Å²) in [5.74, 6) is -0.592. The van der Waals surface area contributed by atoms with Crippen LogP contribution in [0.1, 0.15) is 31.9 Å². The van der Waals surface area contributed by atoms with Gasteiger partial charge in [0, 0.05) is 42.0 Å². The number of hydrogen-bond donors (Lipinski definition) is 2. The Morgan fingerprint density at radius 3 is 2.32 bits per heavy atom. The molecule has 4 rings (SSSR count). The van der Waals surface area contributed by atoms with E-state index < -0.39 is 23.5 Å². The van der Waals surface area contributed by atoms with Gasteiger partial charge in [0.15, 0.2) is 5.78 Å². The molecule has 0 fully saturated rings. The largest absolute Gasteiger partial charge is 0.378 e. The number of anilines is 3. The van der Waals surface area contributed by atoms with Gasteiger partial charge in [0.2, 0.25) is 6.17 Å². The lowest BCUT2D eigenvalue weighted by molar-refractivity contribution is -0.127. The average Bonchev–Trinajstić information content (AvgIpc) is 2.99. The van der Waals surface area contributed by atoms with Crippen molar-refractivity contribution in [3.8, 4) is 0 Å². The highest BCUT2D eigenvalue weighted by Gasteiger charge is 2.35. The number of benzodiazepines with no additional fused rings is 1. The lowest BCUT2D eigenvalue weighted by Crippen LogP contribution is -2.50. The molecule has 1 aliphatic rings. The summed E-state index contributed by atoms with van der Waals surface area (Å²) in [5, 5.41) is 5.53. The fraction of sp³-hybridized carbons (Fsp3) is 0.267. The van der Waals surface area contributed by atoms with E-state index in [1.54, 1.807) is 12.1 Å². The SMILES string of the molecule is CN(C)c1cccc(NC(=O)N[C@H]2N=C(c3ccccc3)c3ccccc3N(CC(=O)C(C)(C)C)C2=O)c1. The topological polar surface area (TPSA) is 94.1 Å². The molecule has 0 unspecified atom stereocenters. The molecule has 0 bridgehead atoms. The molecule has 3 aromatic carbocycles. The summed E-state index contributed by atoms with van der Waals surface area (Å²) in [5.41, 5.74) is 3.47. The van der Waals surface area contributed by atoms with Crippen molar-refractivity contribution in [2.45, 2.75) is 26.9 Å². The van der Waals surface area contributed by atoms with Gasteiger partial charge in [-0.2, -0.15) is 0 Å². The van der Waals surface area contributed by atoms with E-state index in [-0.39, 0.29) is 12.3 Å². The number of amides is 3. The van der Waals surface area contributed by atoms with Gasteiger partial charge in [-0.15, -0.1) is 0 Å². The van der Waals surface area contributed by atoms with E-state index in [9.17, 15) is 14.4 Å². The normalized spacial score (nSPS) is 15.2. The predicted molar refractivity (Wildman–Crippen MR) is 152 cm³/mol. The number of benzene rings is 3. The maximum Gasteiger partial charge on any atom is 0.321 e. The highest BCUT2D eigenvalue weighted by molar-refractivity contribution is 6.21. The Bertz CT molecular complexity index is 1380. The van der Waals surface area contributed by atoms with Crippen molar-refractivity contribution >= 4 is 40.5 Å². The first kappa shape index (κ1) is 26.6. The Balaban J connectivity index is 1.73. The number of fused-ring (bicyclic) bond motifs is 1. The number of carbonyl (C=O) groups is 3. The lowest BCUT2D eigenvalue weighted by atomic mass is 9.90. The van der Waals surface area contributed by atoms with E-state index in [4.69, 9.17) is 4.99 Å². The number of carbonyl (C=O) groups excluding carboxylic acids is 3. The number of hydrogen-bond acceptors (Lipinski definition) is 5. The number of para-hydroxylation sites is 1. The Morgan fingerprint density at radius 1 is 0.947 bits per heavy atom. The lowest BCUT2D eigenvalue weighted by Gasteiger charge is -2.28. The van der Waals surface area contributed by atoms with E-state index in [1.165, 1.54) is 4.90 Å². The number of nitrogens with one attached hydrogen (secondary N) is 2. The van der Waals surface area contributed by atoms with Crippen LogP contribution in [0.25, 0.3) is 0 Å². The van der Waals surface area contributed by atoms with E-state index in [1.807, 2.05) is 106 Å². The van der Waals surface area contributed by atoms with E-state index in [0.29, 0.717) is 22.6 Å². The molecule has 196 valence electrons. The molecule has 3 aromatic rings. The van der Waals surface area contributed by atoms with Crippen molar-refractivity contribution in [1.29, 1.82) is 0 Å². The van der Waals surface area contributed by atoms with E-state index in [2.05, 4.69) is 10.6 Å². The van der Waals surface area contributed by atoms with E-state index >= 15 is 0 Å². The van der Waals surface area contributed by atoms with Crippen LogP contribution in [0, 0.1) is 5.41 Å². The van der Waals surface area contributed by atoms with Gasteiger partial charge < -0.3 is 20.4 Å². The Hall–Kier alpha value is -4.46. The predicted octanol–water partition coefficient (Wildman–Crippen LogP) is 4.70. The molecule has 3 amide bonds. The molecule has 1 aliphatic heterocycles. The van der Waals surface area contributed by atoms with Crippen LogP contribution in [0.3, 0.4) is 0 Å².